The summed E-state index contributed by atoms with van der Waals surface area (Å²) in [6.07, 6.45) is 0.872. The third kappa shape index (κ3) is 4.92. The van der Waals surface area contributed by atoms with Gasteiger partial charge in [0.25, 0.3) is 5.22 Å². The van der Waals surface area contributed by atoms with Gasteiger partial charge in [0.2, 0.25) is 5.89 Å². The number of hydrogen-bond donors (Lipinski definition) is 0. The maximum absolute atomic E-state index is 5.69. The van der Waals surface area contributed by atoms with Crippen LogP contribution in [0.4, 0.5) is 0 Å². The number of nitrogens with zero attached hydrogens (tertiary/aromatic N) is 2. The highest BCUT2D eigenvalue weighted by molar-refractivity contribution is 7.99. The van der Waals surface area contributed by atoms with E-state index >= 15 is 0 Å². The van der Waals surface area contributed by atoms with Gasteiger partial charge < -0.3 is 18.6 Å². The molecule has 136 valence electrons. The van der Waals surface area contributed by atoms with Gasteiger partial charge in [-0.3, -0.25) is 0 Å². The predicted molar refractivity (Wildman–Crippen MR) is 100 cm³/mol. The molecule has 0 unspecified atom stereocenters. The lowest BCUT2D eigenvalue weighted by atomic mass is 10.2. The number of benzene rings is 2. The Morgan fingerprint density at radius 2 is 1.46 bits per heavy atom. The van der Waals surface area contributed by atoms with Crippen LogP contribution in [0.15, 0.2) is 58.2 Å². The Hall–Kier alpha value is -2.67. The molecule has 1 aromatic heterocycles. The average molecular weight is 372 g/mol. The third-order valence-corrected chi connectivity index (χ3v) is 4.49. The molecule has 7 heteroatoms. The van der Waals surface area contributed by atoms with E-state index in [9.17, 15) is 0 Å². The summed E-state index contributed by atoms with van der Waals surface area (Å²) in [5.74, 6) is 3.78. The number of ether oxygens (including phenoxy) is 3. The van der Waals surface area contributed by atoms with Crippen LogP contribution in [0.5, 0.6) is 17.2 Å². The number of thioether (sulfide) groups is 1. The van der Waals surface area contributed by atoms with E-state index in [-0.39, 0.29) is 0 Å². The Labute approximate surface area is 156 Å². The van der Waals surface area contributed by atoms with Crippen molar-refractivity contribution in [2.75, 3.05) is 26.6 Å². The SMILES string of the molecule is COc1ccc(OCCCSc2nnc(-c3ccc(OC)cc3)o2)cc1. The highest BCUT2D eigenvalue weighted by Gasteiger charge is 2.09. The summed E-state index contributed by atoms with van der Waals surface area (Å²) in [6, 6.07) is 15.1. The highest BCUT2D eigenvalue weighted by Crippen LogP contribution is 2.25. The summed E-state index contributed by atoms with van der Waals surface area (Å²) in [5, 5.41) is 8.71. The minimum atomic E-state index is 0.504. The fourth-order valence-corrected chi connectivity index (χ4v) is 2.87. The van der Waals surface area contributed by atoms with Gasteiger partial charge in [0.15, 0.2) is 0 Å². The van der Waals surface area contributed by atoms with Gasteiger partial charge >= 0.3 is 0 Å². The number of hydrogen-bond acceptors (Lipinski definition) is 7. The number of methoxy groups -OCH3 is 2. The molecule has 0 aliphatic rings. The molecule has 6 nitrogen and oxygen atoms in total. The van der Waals surface area contributed by atoms with Crippen LogP contribution in [0.1, 0.15) is 6.42 Å². The van der Waals surface area contributed by atoms with Crippen LogP contribution in [-0.4, -0.2) is 36.8 Å². The fourth-order valence-electron chi connectivity index (χ4n) is 2.20. The lowest BCUT2D eigenvalue weighted by molar-refractivity contribution is 0.317. The summed E-state index contributed by atoms with van der Waals surface area (Å²) in [4.78, 5) is 0. The zero-order chi connectivity index (χ0) is 18.2. The molecule has 0 amide bonds. The Bertz CT molecular complexity index is 803. The molecule has 26 heavy (non-hydrogen) atoms. The smallest absolute Gasteiger partial charge is 0.276 e. The normalized spacial score (nSPS) is 10.5. The van der Waals surface area contributed by atoms with Crippen LogP contribution in [0, 0.1) is 0 Å². The topological polar surface area (TPSA) is 66.6 Å². The Morgan fingerprint density at radius 1 is 0.846 bits per heavy atom. The molecule has 3 rings (SSSR count). The van der Waals surface area contributed by atoms with Crippen molar-refractivity contribution in [3.8, 4) is 28.7 Å². The number of rotatable bonds is 9. The van der Waals surface area contributed by atoms with Crippen LogP contribution in [0.3, 0.4) is 0 Å². The summed E-state index contributed by atoms with van der Waals surface area (Å²) < 4.78 is 21.6. The van der Waals surface area contributed by atoms with E-state index in [2.05, 4.69) is 10.2 Å². The van der Waals surface area contributed by atoms with Crippen LogP contribution in [0.2, 0.25) is 0 Å². The van der Waals surface area contributed by atoms with Crippen molar-refractivity contribution >= 4 is 11.8 Å². The van der Waals surface area contributed by atoms with Crippen LogP contribution >= 0.6 is 11.8 Å². The van der Waals surface area contributed by atoms with Crippen molar-refractivity contribution in [2.45, 2.75) is 11.6 Å². The molecule has 0 fully saturated rings. The molecule has 0 spiro atoms. The van der Waals surface area contributed by atoms with E-state index in [0.717, 1.165) is 35.0 Å². The largest absolute Gasteiger partial charge is 0.497 e. The standard InChI is InChI=1S/C19H20N2O4S/c1-22-15-6-4-14(5-7-15)18-20-21-19(25-18)26-13-3-12-24-17-10-8-16(23-2)9-11-17/h4-11H,3,12-13H2,1-2H3. The van der Waals surface area contributed by atoms with Crippen LogP contribution in [0.25, 0.3) is 11.5 Å². The van der Waals surface area contributed by atoms with Gasteiger partial charge in [-0.1, -0.05) is 11.8 Å². The zero-order valence-corrected chi connectivity index (χ0v) is 15.5. The molecule has 3 aromatic rings. The Morgan fingerprint density at radius 3 is 2.12 bits per heavy atom. The summed E-state index contributed by atoms with van der Waals surface area (Å²) in [6.45, 7) is 0.624. The van der Waals surface area contributed by atoms with Crippen LogP contribution < -0.4 is 14.2 Å². The van der Waals surface area contributed by atoms with E-state index < -0.39 is 0 Å². The third-order valence-electron chi connectivity index (χ3n) is 3.59. The molecular weight excluding hydrogens is 352 g/mol. The van der Waals surface area contributed by atoms with E-state index in [1.807, 2.05) is 48.5 Å². The van der Waals surface area contributed by atoms with Crippen molar-refractivity contribution in [3.63, 3.8) is 0 Å². The molecule has 0 bridgehead atoms. The Kier molecular flexibility index (Phi) is 6.38. The molecule has 2 aromatic carbocycles. The fraction of sp³-hybridized carbons (Fsp3) is 0.263. The van der Waals surface area contributed by atoms with Gasteiger partial charge in [0.05, 0.1) is 20.8 Å². The average Bonchev–Trinajstić information content (AvgIpc) is 3.17. The summed E-state index contributed by atoms with van der Waals surface area (Å²) in [7, 11) is 3.28. The monoisotopic (exact) mass is 372 g/mol. The maximum Gasteiger partial charge on any atom is 0.276 e. The summed E-state index contributed by atoms with van der Waals surface area (Å²) >= 11 is 1.52. The first-order chi connectivity index (χ1) is 12.8. The molecule has 0 N–H and O–H groups in total. The molecular formula is C19H20N2O4S. The Balaban J connectivity index is 1.41. The van der Waals surface area contributed by atoms with Gasteiger partial charge in [0.1, 0.15) is 17.2 Å². The quantitative estimate of drug-likeness (QED) is 0.409. The van der Waals surface area contributed by atoms with Crippen molar-refractivity contribution in [1.29, 1.82) is 0 Å². The van der Waals surface area contributed by atoms with Crippen molar-refractivity contribution in [1.82, 2.24) is 10.2 Å². The van der Waals surface area contributed by atoms with E-state index in [1.165, 1.54) is 11.8 Å². The van der Waals surface area contributed by atoms with Crippen molar-refractivity contribution < 1.29 is 18.6 Å². The van der Waals surface area contributed by atoms with E-state index in [0.29, 0.717) is 17.7 Å². The van der Waals surface area contributed by atoms with Gasteiger partial charge in [-0.15, -0.1) is 10.2 Å². The zero-order valence-electron chi connectivity index (χ0n) is 14.7. The first-order valence-electron chi connectivity index (χ1n) is 8.16. The van der Waals surface area contributed by atoms with Crippen molar-refractivity contribution in [2.24, 2.45) is 0 Å². The molecule has 0 radical (unpaired) electrons. The lowest BCUT2D eigenvalue weighted by Crippen LogP contribution is -1.98. The summed E-state index contributed by atoms with van der Waals surface area (Å²) in [5.41, 5.74) is 0.869. The molecule has 0 saturated heterocycles. The van der Waals surface area contributed by atoms with Gasteiger partial charge in [-0.2, -0.15) is 0 Å². The highest BCUT2D eigenvalue weighted by atomic mass is 32.2. The molecule has 1 heterocycles. The molecule has 0 aliphatic heterocycles. The van der Waals surface area contributed by atoms with Gasteiger partial charge in [-0.25, -0.2) is 0 Å². The van der Waals surface area contributed by atoms with Gasteiger partial charge in [0, 0.05) is 11.3 Å². The first-order valence-corrected chi connectivity index (χ1v) is 9.14. The minimum absolute atomic E-state index is 0.504. The van der Waals surface area contributed by atoms with Crippen molar-refractivity contribution in [3.05, 3.63) is 48.5 Å². The van der Waals surface area contributed by atoms with E-state index in [1.54, 1.807) is 14.2 Å². The van der Waals surface area contributed by atoms with E-state index in [4.69, 9.17) is 18.6 Å². The molecule has 0 aliphatic carbocycles. The second-order valence-corrected chi connectivity index (χ2v) is 6.37. The minimum Gasteiger partial charge on any atom is -0.497 e. The number of aromatic nitrogens is 2. The lowest BCUT2D eigenvalue weighted by Gasteiger charge is -2.06. The second-order valence-electron chi connectivity index (χ2n) is 5.33. The molecule has 0 saturated carbocycles. The maximum atomic E-state index is 5.69. The predicted octanol–water partition coefficient (Wildman–Crippen LogP) is 4.32. The van der Waals surface area contributed by atoms with Gasteiger partial charge in [-0.05, 0) is 55.0 Å². The molecule has 0 atom stereocenters. The second kappa shape index (κ2) is 9.15. The van der Waals surface area contributed by atoms with Crippen LogP contribution in [-0.2, 0) is 0 Å². The first kappa shape index (κ1) is 18.1.